The van der Waals surface area contributed by atoms with Crippen LogP contribution in [0.4, 0.5) is 0 Å². The smallest absolute Gasteiger partial charge is 0.0851 e. The molecule has 0 aromatic rings. The molecule has 0 spiro atoms. The van der Waals surface area contributed by atoms with Crippen molar-refractivity contribution in [1.29, 1.82) is 0 Å². The summed E-state index contributed by atoms with van der Waals surface area (Å²) in [6.07, 6.45) is 5.90. The molecule has 0 aliphatic rings. The standard InChI is InChI=1S/C6H11B10/c1-2-3-4-5-6-8-10-12-14-16-15-13-11-9-7/h5-6H,2-4H2,1H3. The van der Waals surface area contributed by atoms with Crippen LogP contribution in [0.3, 0.4) is 0 Å². The van der Waals surface area contributed by atoms with Crippen molar-refractivity contribution in [3.8, 4) is 0 Å². The first kappa shape index (κ1) is 16.4. The van der Waals surface area contributed by atoms with Crippen LogP contribution in [0.25, 0.3) is 0 Å². The van der Waals surface area contributed by atoms with Crippen LogP contribution in [0.5, 0.6) is 0 Å². The van der Waals surface area contributed by atoms with Crippen LogP contribution in [0.15, 0.2) is 12.1 Å². The first-order chi connectivity index (χ1) is 7.91. The van der Waals surface area contributed by atoms with Crippen molar-refractivity contribution >= 4 is 71.4 Å². The first-order valence-corrected chi connectivity index (χ1v) is 5.78. The number of allylic oxidation sites excluding steroid dienone is 1. The topological polar surface area (TPSA) is 0 Å². The van der Waals surface area contributed by atoms with E-state index in [1.807, 2.05) is 49.5 Å². The monoisotopic (exact) mass is 193 g/mol. The van der Waals surface area contributed by atoms with E-state index in [0.29, 0.717) is 0 Å². The van der Waals surface area contributed by atoms with Gasteiger partial charge in [0, 0.05) is 64.2 Å². The Kier molecular flexibility index (Phi) is 15.8. The van der Waals surface area contributed by atoms with Crippen LogP contribution >= 0.6 is 0 Å². The van der Waals surface area contributed by atoms with Gasteiger partial charge >= 0.3 is 0 Å². The lowest BCUT2D eigenvalue weighted by Crippen LogP contribution is -2.31. The fraction of sp³-hybridized carbons (Fsp3) is 0.667. The molecular formula is C6H11B10. The zero-order chi connectivity index (χ0) is 11.9. The highest BCUT2D eigenvalue weighted by atomic mass is 13.8. The average molecular weight is 191 g/mol. The molecule has 16 heavy (non-hydrogen) atoms. The van der Waals surface area contributed by atoms with Gasteiger partial charge in [-0.3, -0.25) is 0 Å². The molecule has 0 saturated heterocycles. The zero-order valence-electron chi connectivity index (χ0n) is 10.0. The van der Waals surface area contributed by atoms with E-state index < -0.39 is 0 Å². The Morgan fingerprint density at radius 2 is 1.56 bits per heavy atom. The predicted molar refractivity (Wildman–Crippen MR) is 86.2 cm³/mol. The minimum Gasteiger partial charge on any atom is -0.137 e. The van der Waals surface area contributed by atoms with E-state index in [4.69, 9.17) is 7.74 Å². The molecule has 0 aromatic carbocycles. The largest absolute Gasteiger partial charge is 0.137 e. The molecule has 65 valence electrons. The normalized spacial score (nSPS) is 9.06. The van der Waals surface area contributed by atoms with Crippen LogP contribution in [0.1, 0.15) is 26.2 Å². The molecule has 0 atom stereocenters. The van der Waals surface area contributed by atoms with Gasteiger partial charge in [0.1, 0.15) is 0 Å². The molecule has 0 bridgehead atoms. The van der Waals surface area contributed by atoms with Crippen LogP contribution in [-0.4, -0.2) is 71.4 Å². The van der Waals surface area contributed by atoms with E-state index in [1.54, 1.807) is 7.06 Å². The number of unbranched alkanes of at least 4 members (excludes halogenated alkanes) is 2. The third-order valence-corrected chi connectivity index (χ3v) is 1.86. The van der Waals surface area contributed by atoms with Crippen molar-refractivity contribution in [3.05, 3.63) is 12.1 Å². The van der Waals surface area contributed by atoms with E-state index >= 15 is 0 Å². The van der Waals surface area contributed by atoms with E-state index in [-0.39, 0.29) is 0 Å². The molecule has 0 fully saturated rings. The fourth-order valence-corrected chi connectivity index (χ4v) is 1.01. The lowest BCUT2D eigenvalue weighted by atomic mass is 8.89. The van der Waals surface area contributed by atoms with Crippen molar-refractivity contribution in [2.45, 2.75) is 26.2 Å². The molecule has 0 nitrogen and oxygen atoms in total. The van der Waals surface area contributed by atoms with E-state index in [2.05, 4.69) is 19.0 Å². The molecule has 0 aliphatic heterocycles. The van der Waals surface area contributed by atoms with Crippen LogP contribution in [-0.2, 0) is 0 Å². The number of rotatable bonds is 12. The van der Waals surface area contributed by atoms with Gasteiger partial charge in [-0.1, -0.05) is 25.8 Å². The third-order valence-electron chi connectivity index (χ3n) is 1.86. The van der Waals surface area contributed by atoms with Gasteiger partial charge in [0.15, 0.2) is 0 Å². The Morgan fingerprint density at radius 3 is 2.19 bits per heavy atom. The van der Waals surface area contributed by atoms with Crippen LogP contribution < -0.4 is 0 Å². The summed E-state index contributed by atoms with van der Waals surface area (Å²) < 4.78 is 0. The second-order valence-corrected chi connectivity index (χ2v) is 3.30. The summed E-state index contributed by atoms with van der Waals surface area (Å²) in [5, 5.41) is 0. The molecule has 0 heterocycles. The summed E-state index contributed by atoms with van der Waals surface area (Å²) in [6.45, 7) is 2.20. The molecule has 0 aliphatic carbocycles. The highest BCUT2D eigenvalue weighted by molar-refractivity contribution is 7.68. The van der Waals surface area contributed by atoms with Gasteiger partial charge in [-0.05, 0) is 6.42 Å². The Labute approximate surface area is 110 Å². The van der Waals surface area contributed by atoms with E-state index in [0.717, 1.165) is 0 Å². The van der Waals surface area contributed by atoms with Gasteiger partial charge in [-0.15, -0.1) is 5.98 Å². The first-order valence-electron chi connectivity index (χ1n) is 5.78. The molecule has 0 unspecified atom stereocenters. The fourth-order valence-electron chi connectivity index (χ4n) is 1.01. The highest BCUT2D eigenvalue weighted by Crippen LogP contribution is 1.93. The molecule has 0 aromatic heterocycles. The quantitative estimate of drug-likeness (QED) is 0.258. The Morgan fingerprint density at radius 1 is 0.938 bits per heavy atom. The molecule has 0 N–H and O–H groups in total. The molecule has 0 saturated carbocycles. The van der Waals surface area contributed by atoms with Gasteiger partial charge in [0.2, 0.25) is 0 Å². The van der Waals surface area contributed by atoms with Crippen molar-refractivity contribution in [3.63, 3.8) is 0 Å². The SMILES string of the molecule is [B][B][B][B][B][B][B][B][B][B]C=CCCCC. The van der Waals surface area contributed by atoms with Gasteiger partial charge in [0.05, 0.1) is 7.17 Å². The summed E-state index contributed by atoms with van der Waals surface area (Å²) in [7, 11) is 22.3. The summed E-state index contributed by atoms with van der Waals surface area (Å²) in [6, 6.07) is 0. The minimum absolute atomic E-state index is 1.17. The molecule has 10 heteroatoms. The maximum absolute atomic E-state index is 5.18. The second kappa shape index (κ2) is 15.4. The summed E-state index contributed by atoms with van der Waals surface area (Å²) in [4.78, 5) is 0. The van der Waals surface area contributed by atoms with Crippen molar-refractivity contribution in [2.24, 2.45) is 0 Å². The van der Waals surface area contributed by atoms with Crippen molar-refractivity contribution < 1.29 is 0 Å². The Bertz CT molecular complexity index is 150. The van der Waals surface area contributed by atoms with Gasteiger partial charge < -0.3 is 0 Å². The number of hydrogen-bond acceptors (Lipinski definition) is 0. The summed E-state index contributed by atoms with van der Waals surface area (Å²) in [5.74, 6) is 2.09. The zero-order valence-corrected chi connectivity index (χ0v) is 10.0. The van der Waals surface area contributed by atoms with Gasteiger partial charge in [-0.2, -0.15) is 0 Å². The maximum atomic E-state index is 5.18. The van der Waals surface area contributed by atoms with E-state index in [1.165, 1.54) is 26.3 Å². The predicted octanol–water partition coefficient (Wildman–Crippen LogP) is -1.57. The second-order valence-electron chi connectivity index (χ2n) is 3.30. The molecular weight excluding hydrogens is 180 g/mol. The lowest BCUT2D eigenvalue weighted by Gasteiger charge is -1.94. The number of hydrogen-bond donors (Lipinski definition) is 0. The summed E-state index contributed by atoms with van der Waals surface area (Å²) in [5.41, 5.74) is 0. The minimum atomic E-state index is 1.17. The van der Waals surface area contributed by atoms with Crippen LogP contribution in [0.2, 0.25) is 0 Å². The molecule has 0 amide bonds. The molecule has 11 radical (unpaired) electrons. The van der Waals surface area contributed by atoms with Gasteiger partial charge in [-0.25, -0.2) is 0 Å². The summed E-state index contributed by atoms with van der Waals surface area (Å²) >= 11 is 0. The molecule has 0 rings (SSSR count). The maximum Gasteiger partial charge on any atom is 0.0851 e. The van der Waals surface area contributed by atoms with E-state index in [9.17, 15) is 0 Å². The Balaban J connectivity index is 2.95. The highest BCUT2D eigenvalue weighted by Gasteiger charge is 1.95. The van der Waals surface area contributed by atoms with Crippen molar-refractivity contribution in [1.82, 2.24) is 0 Å². The average Bonchev–Trinajstić information content (AvgIpc) is 2.31. The lowest BCUT2D eigenvalue weighted by molar-refractivity contribution is 0.815. The Hall–Kier alpha value is 0.389. The van der Waals surface area contributed by atoms with Crippen LogP contribution in [0, 0.1) is 0 Å². The van der Waals surface area contributed by atoms with Crippen molar-refractivity contribution in [2.75, 3.05) is 0 Å². The van der Waals surface area contributed by atoms with Gasteiger partial charge in [0.25, 0.3) is 0 Å². The third kappa shape index (κ3) is 14.4.